The number of nitrogens with zero attached hydrogens (tertiary/aromatic N) is 4. The van der Waals surface area contributed by atoms with Gasteiger partial charge in [-0.2, -0.15) is 5.10 Å². The molecule has 0 spiro atoms. The Morgan fingerprint density at radius 2 is 1.67 bits per heavy atom. The van der Waals surface area contributed by atoms with E-state index in [0.29, 0.717) is 21.7 Å². The number of carbonyl (C=O) groups is 1. The minimum absolute atomic E-state index is 0.0703. The molecule has 0 aliphatic carbocycles. The maximum Gasteiger partial charge on any atom is 0.365 e. The standard InChI is InChI=1S/C24H20ClN5O2S/c1-2-32-23(31)22(28-26-20-16-10-9-15-19(20)25)33-24-29-27-21(17-11-5-3-6-12-17)30(24)18-13-7-4-8-14-18/h3-16,26H,2H2,1H3/b28-22+. The first-order valence-corrected chi connectivity index (χ1v) is 11.4. The Balaban J connectivity index is 1.74. The number of anilines is 1. The zero-order valence-electron chi connectivity index (χ0n) is 17.7. The lowest BCUT2D eigenvalue weighted by atomic mass is 10.2. The van der Waals surface area contributed by atoms with Gasteiger partial charge in [0.2, 0.25) is 10.2 Å². The zero-order valence-corrected chi connectivity index (χ0v) is 19.3. The second-order valence-corrected chi connectivity index (χ2v) is 8.04. The van der Waals surface area contributed by atoms with Gasteiger partial charge in [0.1, 0.15) is 0 Å². The van der Waals surface area contributed by atoms with E-state index in [1.165, 1.54) is 0 Å². The highest BCUT2D eigenvalue weighted by atomic mass is 35.5. The summed E-state index contributed by atoms with van der Waals surface area (Å²) in [7, 11) is 0. The Labute approximate surface area is 200 Å². The smallest absolute Gasteiger partial charge is 0.365 e. The van der Waals surface area contributed by atoms with Gasteiger partial charge in [0.15, 0.2) is 5.82 Å². The highest BCUT2D eigenvalue weighted by Crippen LogP contribution is 2.29. The average molecular weight is 478 g/mol. The Morgan fingerprint density at radius 3 is 2.36 bits per heavy atom. The normalized spacial score (nSPS) is 11.3. The predicted molar refractivity (Wildman–Crippen MR) is 132 cm³/mol. The molecule has 9 heteroatoms. The molecule has 0 aliphatic rings. The van der Waals surface area contributed by atoms with Crippen LogP contribution in [0.3, 0.4) is 0 Å². The van der Waals surface area contributed by atoms with Crippen LogP contribution in [0, 0.1) is 0 Å². The fourth-order valence-corrected chi connectivity index (χ4v) is 3.92. The van der Waals surface area contributed by atoms with Gasteiger partial charge < -0.3 is 4.74 Å². The third-order valence-corrected chi connectivity index (χ3v) is 5.70. The first-order valence-electron chi connectivity index (χ1n) is 10.2. The SMILES string of the molecule is CCOC(=O)/C(=N\Nc1ccccc1Cl)Sc1nnc(-c2ccccc2)n1-c1ccccc1. The summed E-state index contributed by atoms with van der Waals surface area (Å²) in [5.74, 6) is 0.0671. The maximum absolute atomic E-state index is 12.7. The van der Waals surface area contributed by atoms with E-state index in [9.17, 15) is 4.79 Å². The average Bonchev–Trinajstić information content (AvgIpc) is 3.27. The number of benzene rings is 3. The van der Waals surface area contributed by atoms with E-state index in [0.717, 1.165) is 23.0 Å². The van der Waals surface area contributed by atoms with Gasteiger partial charge in [0.05, 0.1) is 17.3 Å². The van der Waals surface area contributed by atoms with E-state index in [-0.39, 0.29) is 11.7 Å². The fraction of sp³-hybridized carbons (Fsp3) is 0.0833. The third kappa shape index (κ3) is 5.42. The number of ether oxygens (including phenoxy) is 1. The van der Waals surface area contributed by atoms with Gasteiger partial charge in [-0.1, -0.05) is 72.3 Å². The summed E-state index contributed by atoms with van der Waals surface area (Å²) in [4.78, 5) is 12.7. The Hall–Kier alpha value is -3.62. The maximum atomic E-state index is 12.7. The van der Waals surface area contributed by atoms with Crippen molar-refractivity contribution in [3.8, 4) is 17.1 Å². The van der Waals surface area contributed by atoms with Gasteiger partial charge in [-0.05, 0) is 43.0 Å². The van der Waals surface area contributed by atoms with Crippen LogP contribution in [0.5, 0.6) is 0 Å². The molecule has 7 nitrogen and oxygen atoms in total. The molecule has 0 saturated heterocycles. The van der Waals surface area contributed by atoms with Crippen LogP contribution >= 0.6 is 23.4 Å². The molecular formula is C24H20ClN5O2S. The monoisotopic (exact) mass is 477 g/mol. The van der Waals surface area contributed by atoms with Crippen LogP contribution in [-0.4, -0.2) is 32.4 Å². The van der Waals surface area contributed by atoms with E-state index in [4.69, 9.17) is 16.3 Å². The second kappa shape index (κ2) is 10.8. The molecule has 33 heavy (non-hydrogen) atoms. The molecule has 0 bridgehead atoms. The van der Waals surface area contributed by atoms with E-state index in [1.54, 1.807) is 19.1 Å². The molecule has 1 N–H and O–H groups in total. The predicted octanol–water partition coefficient (Wildman–Crippen LogP) is 5.67. The molecule has 0 fully saturated rings. The van der Waals surface area contributed by atoms with Crippen molar-refractivity contribution < 1.29 is 9.53 Å². The summed E-state index contributed by atoms with van der Waals surface area (Å²) in [5.41, 5.74) is 5.16. The molecule has 1 aromatic heterocycles. The van der Waals surface area contributed by atoms with Crippen molar-refractivity contribution in [3.05, 3.63) is 90.0 Å². The van der Waals surface area contributed by atoms with Crippen LogP contribution in [0.2, 0.25) is 5.02 Å². The number of thioether (sulfide) groups is 1. The lowest BCUT2D eigenvalue weighted by molar-refractivity contribution is -0.134. The van der Waals surface area contributed by atoms with Crippen molar-refractivity contribution in [3.63, 3.8) is 0 Å². The van der Waals surface area contributed by atoms with E-state index in [1.807, 2.05) is 77.4 Å². The number of hydrazone groups is 1. The van der Waals surface area contributed by atoms with Crippen molar-refractivity contribution >= 4 is 40.1 Å². The summed E-state index contributed by atoms with van der Waals surface area (Å²) >= 11 is 7.26. The van der Waals surface area contributed by atoms with Gasteiger partial charge in [-0.25, -0.2) is 4.79 Å². The topological polar surface area (TPSA) is 81.4 Å². The number of rotatable bonds is 6. The second-order valence-electron chi connectivity index (χ2n) is 6.67. The van der Waals surface area contributed by atoms with Crippen LogP contribution in [0.15, 0.2) is 95.2 Å². The lowest BCUT2D eigenvalue weighted by Crippen LogP contribution is -2.17. The number of hydrogen-bond donors (Lipinski definition) is 1. The number of halogens is 1. The quantitative estimate of drug-likeness (QED) is 0.127. The van der Waals surface area contributed by atoms with Crippen molar-refractivity contribution in [2.75, 3.05) is 12.0 Å². The number of hydrogen-bond acceptors (Lipinski definition) is 7. The molecule has 3 aromatic carbocycles. The summed E-state index contributed by atoms with van der Waals surface area (Å²) in [6, 6.07) is 26.5. The van der Waals surface area contributed by atoms with Gasteiger partial charge in [0.25, 0.3) is 0 Å². The van der Waals surface area contributed by atoms with Gasteiger partial charge in [-0.3, -0.25) is 9.99 Å². The van der Waals surface area contributed by atoms with Crippen LogP contribution < -0.4 is 5.43 Å². The number of carbonyl (C=O) groups excluding carboxylic acids is 1. The van der Waals surface area contributed by atoms with E-state index < -0.39 is 5.97 Å². The van der Waals surface area contributed by atoms with Crippen LogP contribution in [0.4, 0.5) is 5.69 Å². The minimum Gasteiger partial charge on any atom is -0.461 e. The van der Waals surface area contributed by atoms with E-state index >= 15 is 0 Å². The molecule has 0 unspecified atom stereocenters. The van der Waals surface area contributed by atoms with Crippen LogP contribution in [0.25, 0.3) is 17.1 Å². The molecule has 0 radical (unpaired) electrons. The van der Waals surface area contributed by atoms with E-state index in [2.05, 4.69) is 20.7 Å². The highest BCUT2D eigenvalue weighted by molar-refractivity contribution is 8.15. The Bertz CT molecular complexity index is 1260. The van der Waals surface area contributed by atoms with Gasteiger partial charge >= 0.3 is 5.97 Å². The van der Waals surface area contributed by atoms with Crippen molar-refractivity contribution in [2.45, 2.75) is 12.1 Å². The fourth-order valence-electron chi connectivity index (χ4n) is 2.97. The number of esters is 1. The lowest BCUT2D eigenvalue weighted by Gasteiger charge is -2.11. The third-order valence-electron chi connectivity index (χ3n) is 4.47. The molecule has 0 amide bonds. The number of aromatic nitrogens is 3. The summed E-state index contributed by atoms with van der Waals surface area (Å²) in [5, 5.41) is 14.0. The van der Waals surface area contributed by atoms with Gasteiger partial charge in [0, 0.05) is 11.3 Å². The molecule has 4 rings (SSSR count). The van der Waals surface area contributed by atoms with Crippen molar-refractivity contribution in [1.82, 2.24) is 14.8 Å². The van der Waals surface area contributed by atoms with Crippen molar-refractivity contribution in [1.29, 1.82) is 0 Å². The largest absolute Gasteiger partial charge is 0.461 e. The zero-order chi connectivity index (χ0) is 23.0. The first-order chi connectivity index (χ1) is 16.2. The van der Waals surface area contributed by atoms with Crippen LogP contribution in [-0.2, 0) is 9.53 Å². The highest BCUT2D eigenvalue weighted by Gasteiger charge is 2.22. The summed E-state index contributed by atoms with van der Waals surface area (Å²) < 4.78 is 7.09. The molecule has 0 atom stereocenters. The molecule has 1 heterocycles. The number of para-hydroxylation sites is 2. The Kier molecular flexibility index (Phi) is 7.39. The van der Waals surface area contributed by atoms with Crippen molar-refractivity contribution in [2.24, 2.45) is 5.10 Å². The number of nitrogens with one attached hydrogen (secondary N) is 1. The molecular weight excluding hydrogens is 458 g/mol. The summed E-state index contributed by atoms with van der Waals surface area (Å²) in [6.45, 7) is 1.95. The van der Waals surface area contributed by atoms with Crippen LogP contribution in [0.1, 0.15) is 6.92 Å². The first kappa shape index (κ1) is 22.6. The molecule has 0 saturated carbocycles. The molecule has 166 valence electrons. The minimum atomic E-state index is -0.578. The Morgan fingerprint density at radius 1 is 1.00 bits per heavy atom. The molecule has 0 aliphatic heterocycles. The summed E-state index contributed by atoms with van der Waals surface area (Å²) in [6.07, 6.45) is 0. The van der Waals surface area contributed by atoms with Gasteiger partial charge in [-0.15, -0.1) is 10.2 Å². The molecule has 4 aromatic rings.